The minimum Gasteiger partial charge on any atom is -0.401 e. The lowest BCUT2D eigenvalue weighted by Gasteiger charge is -2.15. The molecule has 1 N–H and O–H groups in total. The van der Waals surface area contributed by atoms with E-state index in [1.165, 1.54) is 30.4 Å². The van der Waals surface area contributed by atoms with Gasteiger partial charge in [0.15, 0.2) is 0 Å². The van der Waals surface area contributed by atoms with Crippen molar-refractivity contribution in [2.75, 3.05) is 5.01 Å². The summed E-state index contributed by atoms with van der Waals surface area (Å²) in [5.74, 6) is -1.28. The maximum atomic E-state index is 12.4. The van der Waals surface area contributed by atoms with Gasteiger partial charge in [-0.3, -0.25) is 25.1 Å². The van der Waals surface area contributed by atoms with Crippen molar-refractivity contribution in [1.82, 2.24) is 5.43 Å². The number of carbonyl (C=O) groups is 2. The highest BCUT2D eigenvalue weighted by Gasteiger charge is 2.34. The van der Waals surface area contributed by atoms with Gasteiger partial charge in [0, 0.05) is 5.02 Å². The van der Waals surface area contributed by atoms with Crippen molar-refractivity contribution in [3.63, 3.8) is 0 Å². The van der Waals surface area contributed by atoms with Crippen LogP contribution in [0, 0.1) is 17.0 Å². The second-order valence-electron chi connectivity index (χ2n) is 5.39. The number of nitrogens with zero attached hydrogens (tertiary/aromatic N) is 2. The maximum absolute atomic E-state index is 12.4. The van der Waals surface area contributed by atoms with E-state index in [2.05, 4.69) is 5.43 Å². The van der Waals surface area contributed by atoms with Crippen molar-refractivity contribution in [2.24, 2.45) is 0 Å². The van der Waals surface area contributed by atoms with Gasteiger partial charge in [0.1, 0.15) is 16.3 Å². The molecule has 26 heavy (non-hydrogen) atoms. The SMILES string of the molecule is Cc1ccc(N2NC(=O)/C(=C/C=C/c3ccc([N+](=O)[O-])o3)C2=O)cc1Cl. The van der Waals surface area contributed by atoms with Gasteiger partial charge in [-0.15, -0.1) is 0 Å². The van der Waals surface area contributed by atoms with Crippen LogP contribution >= 0.6 is 11.6 Å². The fraction of sp³-hybridized carbons (Fsp3) is 0.0588. The van der Waals surface area contributed by atoms with E-state index in [1.807, 2.05) is 6.92 Å². The number of rotatable bonds is 4. The third kappa shape index (κ3) is 3.35. The lowest BCUT2D eigenvalue weighted by atomic mass is 10.2. The monoisotopic (exact) mass is 373 g/mol. The number of anilines is 1. The van der Waals surface area contributed by atoms with Crippen LogP contribution < -0.4 is 10.4 Å². The predicted octanol–water partition coefficient (Wildman–Crippen LogP) is 3.17. The van der Waals surface area contributed by atoms with Crippen LogP contribution in [0.25, 0.3) is 6.08 Å². The molecule has 1 aromatic heterocycles. The zero-order valence-electron chi connectivity index (χ0n) is 13.4. The number of furan rings is 1. The summed E-state index contributed by atoms with van der Waals surface area (Å²) >= 11 is 6.05. The Morgan fingerprint density at radius 2 is 2.04 bits per heavy atom. The number of allylic oxidation sites excluding steroid dienone is 2. The Morgan fingerprint density at radius 1 is 1.27 bits per heavy atom. The van der Waals surface area contributed by atoms with Gasteiger partial charge in [-0.1, -0.05) is 23.7 Å². The van der Waals surface area contributed by atoms with Gasteiger partial charge in [0.25, 0.3) is 11.8 Å². The summed E-state index contributed by atoms with van der Waals surface area (Å²) in [6.07, 6.45) is 4.12. The molecule has 0 aliphatic carbocycles. The third-order valence-electron chi connectivity index (χ3n) is 3.62. The lowest BCUT2D eigenvalue weighted by molar-refractivity contribution is -0.402. The van der Waals surface area contributed by atoms with E-state index >= 15 is 0 Å². The molecular weight excluding hydrogens is 362 g/mol. The number of aryl methyl sites for hydroxylation is 1. The Morgan fingerprint density at radius 3 is 2.69 bits per heavy atom. The van der Waals surface area contributed by atoms with Gasteiger partial charge < -0.3 is 4.42 Å². The highest BCUT2D eigenvalue weighted by atomic mass is 35.5. The minimum atomic E-state index is -0.658. The molecule has 0 radical (unpaired) electrons. The van der Waals surface area contributed by atoms with Crippen LogP contribution in [0.1, 0.15) is 11.3 Å². The molecule has 1 fully saturated rings. The van der Waals surface area contributed by atoms with Gasteiger partial charge in [-0.05, 0) is 42.8 Å². The van der Waals surface area contributed by atoms with Gasteiger partial charge >= 0.3 is 5.88 Å². The van der Waals surface area contributed by atoms with Crippen molar-refractivity contribution in [1.29, 1.82) is 0 Å². The smallest absolute Gasteiger partial charge is 0.401 e. The molecule has 9 heteroatoms. The molecule has 1 aliphatic rings. The first kappa shape index (κ1) is 17.4. The largest absolute Gasteiger partial charge is 0.433 e. The van der Waals surface area contributed by atoms with Crippen LogP contribution in [-0.4, -0.2) is 16.7 Å². The second kappa shape index (κ2) is 6.85. The number of hydrazine groups is 1. The zero-order chi connectivity index (χ0) is 18.8. The highest BCUT2D eigenvalue weighted by Crippen LogP contribution is 2.25. The normalized spacial score (nSPS) is 15.9. The standard InChI is InChI=1S/C17H12ClN3O5/c1-10-5-6-11(9-14(10)18)20-17(23)13(16(22)19-20)4-2-3-12-7-8-15(26-12)21(24)25/h2-9H,1H3,(H,19,22)/b3-2+,13-4-. The summed E-state index contributed by atoms with van der Waals surface area (Å²) in [6.45, 7) is 1.82. The number of hydrogen-bond donors (Lipinski definition) is 1. The van der Waals surface area contributed by atoms with Crippen molar-refractivity contribution in [3.05, 3.63) is 74.5 Å². The average molecular weight is 374 g/mol. The van der Waals surface area contributed by atoms with Crippen molar-refractivity contribution >= 4 is 41.1 Å². The number of hydrogen-bond acceptors (Lipinski definition) is 5. The molecule has 132 valence electrons. The molecule has 1 aromatic carbocycles. The highest BCUT2D eigenvalue weighted by molar-refractivity contribution is 6.32. The van der Waals surface area contributed by atoms with Crippen LogP contribution in [0.3, 0.4) is 0 Å². The molecule has 2 heterocycles. The number of amides is 2. The number of nitrogens with one attached hydrogen (secondary N) is 1. The van der Waals surface area contributed by atoms with Crippen LogP contribution in [0.15, 0.2) is 52.5 Å². The van der Waals surface area contributed by atoms with E-state index in [0.29, 0.717) is 10.7 Å². The topological polar surface area (TPSA) is 106 Å². The van der Waals surface area contributed by atoms with Crippen molar-refractivity contribution in [2.45, 2.75) is 6.92 Å². The van der Waals surface area contributed by atoms with Crippen LogP contribution in [-0.2, 0) is 9.59 Å². The summed E-state index contributed by atoms with van der Waals surface area (Å²) in [7, 11) is 0. The molecule has 0 spiro atoms. The van der Waals surface area contributed by atoms with E-state index < -0.39 is 22.6 Å². The molecule has 8 nitrogen and oxygen atoms in total. The molecule has 2 amide bonds. The quantitative estimate of drug-likeness (QED) is 0.383. The fourth-order valence-corrected chi connectivity index (χ4v) is 2.42. The summed E-state index contributed by atoms with van der Waals surface area (Å²) < 4.78 is 4.95. The molecule has 1 saturated heterocycles. The number of carbonyl (C=O) groups excluding carboxylic acids is 2. The van der Waals surface area contributed by atoms with E-state index in [9.17, 15) is 19.7 Å². The zero-order valence-corrected chi connectivity index (χ0v) is 14.2. The number of benzene rings is 1. The Hall–Kier alpha value is -3.39. The molecule has 1 aliphatic heterocycles. The molecular formula is C17H12ClN3O5. The molecule has 0 unspecified atom stereocenters. The van der Waals surface area contributed by atoms with Gasteiger partial charge in [-0.2, -0.15) is 0 Å². The van der Waals surface area contributed by atoms with Crippen molar-refractivity contribution in [3.8, 4) is 0 Å². The summed E-state index contributed by atoms with van der Waals surface area (Å²) in [6, 6.07) is 7.60. The Kier molecular flexibility index (Phi) is 4.59. The molecule has 2 aromatic rings. The molecule has 0 saturated carbocycles. The molecule has 0 bridgehead atoms. The number of nitro groups is 1. The van der Waals surface area contributed by atoms with E-state index in [1.54, 1.807) is 18.2 Å². The van der Waals surface area contributed by atoms with Crippen molar-refractivity contribution < 1.29 is 18.9 Å². The van der Waals surface area contributed by atoms with Gasteiger partial charge in [0.05, 0.1) is 11.8 Å². The fourth-order valence-electron chi connectivity index (χ4n) is 2.25. The summed E-state index contributed by atoms with van der Waals surface area (Å²) in [5, 5.41) is 12.1. The minimum absolute atomic E-state index is 0.0843. The summed E-state index contributed by atoms with van der Waals surface area (Å²) in [4.78, 5) is 34.4. The summed E-state index contributed by atoms with van der Waals surface area (Å²) in [5.41, 5.74) is 3.66. The number of halogens is 1. The first-order chi connectivity index (χ1) is 12.4. The second-order valence-corrected chi connectivity index (χ2v) is 5.79. The lowest BCUT2D eigenvalue weighted by Crippen LogP contribution is -2.35. The first-order valence-corrected chi connectivity index (χ1v) is 7.79. The average Bonchev–Trinajstić information content (AvgIpc) is 3.17. The van der Waals surface area contributed by atoms with E-state index in [4.69, 9.17) is 16.0 Å². The van der Waals surface area contributed by atoms with Crippen LogP contribution in [0.5, 0.6) is 0 Å². The molecule has 3 rings (SSSR count). The third-order valence-corrected chi connectivity index (χ3v) is 4.03. The van der Waals surface area contributed by atoms with Gasteiger partial charge in [0.2, 0.25) is 0 Å². The molecule has 0 atom stereocenters. The predicted molar refractivity (Wildman–Crippen MR) is 94.3 cm³/mol. The Labute approximate surface area is 152 Å². The van der Waals surface area contributed by atoms with E-state index in [0.717, 1.165) is 10.6 Å². The maximum Gasteiger partial charge on any atom is 0.433 e. The Bertz CT molecular complexity index is 977. The first-order valence-electron chi connectivity index (χ1n) is 7.41. The van der Waals surface area contributed by atoms with Crippen LogP contribution in [0.4, 0.5) is 11.6 Å². The van der Waals surface area contributed by atoms with E-state index in [-0.39, 0.29) is 11.3 Å². The Balaban J connectivity index is 1.79. The van der Waals surface area contributed by atoms with Crippen LogP contribution in [0.2, 0.25) is 5.02 Å². The van der Waals surface area contributed by atoms with Gasteiger partial charge in [-0.25, -0.2) is 5.01 Å².